The van der Waals surface area contributed by atoms with Crippen LogP contribution in [-0.2, 0) is 26.9 Å². The highest BCUT2D eigenvalue weighted by atomic mass is 19.4. The SMILES string of the molecule is CCOC(=O)CCc1cnc(C(F)(F)F)cc1C(=O)OC. The molecule has 0 unspecified atom stereocenters. The van der Waals surface area contributed by atoms with E-state index in [1.807, 2.05) is 0 Å². The predicted octanol–water partition coefficient (Wildman–Crippen LogP) is 2.38. The third-order valence-electron chi connectivity index (χ3n) is 2.59. The van der Waals surface area contributed by atoms with Gasteiger partial charge in [0.15, 0.2) is 0 Å². The number of aromatic nitrogens is 1. The van der Waals surface area contributed by atoms with Gasteiger partial charge in [-0.15, -0.1) is 0 Å². The Kier molecular flexibility index (Phi) is 5.69. The number of nitrogens with zero attached hydrogens (tertiary/aromatic N) is 1. The van der Waals surface area contributed by atoms with E-state index in [4.69, 9.17) is 4.74 Å². The Morgan fingerprint density at radius 2 is 2.00 bits per heavy atom. The Bertz CT molecular complexity index is 529. The number of carbonyl (C=O) groups excluding carboxylic acids is 2. The van der Waals surface area contributed by atoms with Crippen LogP contribution in [0, 0.1) is 0 Å². The Labute approximate surface area is 119 Å². The third-order valence-corrected chi connectivity index (χ3v) is 2.59. The normalized spacial score (nSPS) is 11.1. The van der Waals surface area contributed by atoms with Crippen molar-refractivity contribution in [3.05, 3.63) is 29.1 Å². The third kappa shape index (κ3) is 4.73. The van der Waals surface area contributed by atoms with Gasteiger partial charge in [0.1, 0.15) is 5.69 Å². The number of halogens is 3. The molecule has 8 heteroatoms. The van der Waals surface area contributed by atoms with Gasteiger partial charge in [-0.1, -0.05) is 0 Å². The van der Waals surface area contributed by atoms with Crippen molar-refractivity contribution in [2.75, 3.05) is 13.7 Å². The van der Waals surface area contributed by atoms with Gasteiger partial charge in [0, 0.05) is 12.6 Å². The van der Waals surface area contributed by atoms with E-state index < -0.39 is 23.8 Å². The molecule has 0 saturated heterocycles. The molecule has 0 saturated carbocycles. The lowest BCUT2D eigenvalue weighted by Gasteiger charge is -2.11. The fraction of sp³-hybridized carbons (Fsp3) is 0.462. The van der Waals surface area contributed by atoms with Gasteiger partial charge in [-0.2, -0.15) is 13.2 Å². The zero-order valence-electron chi connectivity index (χ0n) is 11.5. The number of hydrogen-bond donors (Lipinski definition) is 0. The van der Waals surface area contributed by atoms with Crippen molar-refractivity contribution >= 4 is 11.9 Å². The van der Waals surface area contributed by atoms with Crippen LogP contribution >= 0.6 is 0 Å². The quantitative estimate of drug-likeness (QED) is 0.781. The summed E-state index contributed by atoms with van der Waals surface area (Å²) in [6.45, 7) is 1.84. The van der Waals surface area contributed by atoms with Gasteiger partial charge in [-0.3, -0.25) is 9.78 Å². The van der Waals surface area contributed by atoms with Crippen LogP contribution in [0.4, 0.5) is 13.2 Å². The summed E-state index contributed by atoms with van der Waals surface area (Å²) in [5.74, 6) is -1.42. The molecule has 0 N–H and O–H groups in total. The molecule has 1 rings (SSSR count). The second-order valence-corrected chi connectivity index (χ2v) is 4.02. The highest BCUT2D eigenvalue weighted by molar-refractivity contribution is 5.91. The van der Waals surface area contributed by atoms with Gasteiger partial charge in [-0.25, -0.2) is 4.79 Å². The second kappa shape index (κ2) is 7.05. The Balaban J connectivity index is 3.03. The highest BCUT2D eigenvalue weighted by Crippen LogP contribution is 2.29. The molecule has 116 valence electrons. The van der Waals surface area contributed by atoms with Crippen LogP contribution < -0.4 is 0 Å². The minimum absolute atomic E-state index is 0.0361. The van der Waals surface area contributed by atoms with Gasteiger partial charge >= 0.3 is 18.1 Å². The molecule has 0 amide bonds. The van der Waals surface area contributed by atoms with E-state index in [2.05, 4.69) is 9.72 Å². The van der Waals surface area contributed by atoms with E-state index in [9.17, 15) is 22.8 Å². The number of pyridine rings is 1. The summed E-state index contributed by atoms with van der Waals surface area (Å²) in [6, 6.07) is 0.617. The van der Waals surface area contributed by atoms with Gasteiger partial charge in [0.05, 0.1) is 19.3 Å². The second-order valence-electron chi connectivity index (χ2n) is 4.02. The van der Waals surface area contributed by atoms with Crippen LogP contribution in [0.1, 0.15) is 35.0 Å². The predicted molar refractivity (Wildman–Crippen MR) is 65.5 cm³/mol. The fourth-order valence-corrected chi connectivity index (χ4v) is 1.61. The molecule has 21 heavy (non-hydrogen) atoms. The summed E-state index contributed by atoms with van der Waals surface area (Å²) in [4.78, 5) is 26.1. The molecular weight excluding hydrogens is 291 g/mol. The fourth-order valence-electron chi connectivity index (χ4n) is 1.61. The van der Waals surface area contributed by atoms with Crippen LogP contribution in [0.25, 0.3) is 0 Å². The van der Waals surface area contributed by atoms with E-state index >= 15 is 0 Å². The number of alkyl halides is 3. The van der Waals surface area contributed by atoms with Crippen LogP contribution in [0.3, 0.4) is 0 Å². The van der Waals surface area contributed by atoms with Gasteiger partial charge in [0.2, 0.25) is 0 Å². The summed E-state index contributed by atoms with van der Waals surface area (Å²) in [5, 5.41) is 0. The maximum atomic E-state index is 12.6. The molecule has 0 aliphatic heterocycles. The van der Waals surface area contributed by atoms with E-state index in [0.717, 1.165) is 13.3 Å². The molecule has 0 aromatic carbocycles. The summed E-state index contributed by atoms with van der Waals surface area (Å²) in [6.07, 6.45) is -3.77. The number of rotatable bonds is 5. The first kappa shape index (κ1) is 16.9. The lowest BCUT2D eigenvalue weighted by atomic mass is 10.0. The van der Waals surface area contributed by atoms with Crippen molar-refractivity contribution in [2.24, 2.45) is 0 Å². The summed E-state index contributed by atoms with van der Waals surface area (Å²) >= 11 is 0. The maximum Gasteiger partial charge on any atom is 0.433 e. The Hall–Kier alpha value is -2.12. The minimum atomic E-state index is -4.66. The van der Waals surface area contributed by atoms with Crippen molar-refractivity contribution in [1.29, 1.82) is 0 Å². The maximum absolute atomic E-state index is 12.6. The van der Waals surface area contributed by atoms with Crippen molar-refractivity contribution < 1.29 is 32.2 Å². The highest BCUT2D eigenvalue weighted by Gasteiger charge is 2.33. The molecule has 1 aromatic heterocycles. The van der Waals surface area contributed by atoms with E-state index in [-0.39, 0.29) is 30.6 Å². The lowest BCUT2D eigenvalue weighted by Crippen LogP contribution is -2.14. The van der Waals surface area contributed by atoms with Gasteiger partial charge in [-0.05, 0) is 25.0 Å². The van der Waals surface area contributed by atoms with Crippen LogP contribution in [0.5, 0.6) is 0 Å². The van der Waals surface area contributed by atoms with Crippen molar-refractivity contribution in [1.82, 2.24) is 4.98 Å². The first-order valence-electron chi connectivity index (χ1n) is 6.09. The Morgan fingerprint density at radius 3 is 2.52 bits per heavy atom. The molecule has 0 aliphatic carbocycles. The number of esters is 2. The standard InChI is InChI=1S/C13H14F3NO4/c1-3-21-11(18)5-4-8-7-17-10(13(14,15)16)6-9(8)12(19)20-2/h6-7H,3-5H2,1-2H3. The molecule has 0 fully saturated rings. The van der Waals surface area contributed by atoms with Crippen molar-refractivity contribution in [3.63, 3.8) is 0 Å². The molecule has 0 aliphatic rings. The molecule has 5 nitrogen and oxygen atoms in total. The summed E-state index contributed by atoms with van der Waals surface area (Å²) in [7, 11) is 1.06. The number of carbonyl (C=O) groups is 2. The molecule has 0 atom stereocenters. The molecular formula is C13H14F3NO4. The monoisotopic (exact) mass is 305 g/mol. The first-order valence-corrected chi connectivity index (χ1v) is 6.09. The van der Waals surface area contributed by atoms with E-state index in [1.165, 1.54) is 0 Å². The minimum Gasteiger partial charge on any atom is -0.466 e. The molecule has 0 bridgehead atoms. The van der Waals surface area contributed by atoms with E-state index in [1.54, 1.807) is 6.92 Å². The smallest absolute Gasteiger partial charge is 0.433 e. The molecule has 0 radical (unpaired) electrons. The molecule has 1 heterocycles. The average molecular weight is 305 g/mol. The van der Waals surface area contributed by atoms with Crippen molar-refractivity contribution in [3.8, 4) is 0 Å². The first-order chi connectivity index (χ1) is 9.79. The van der Waals surface area contributed by atoms with Gasteiger partial charge < -0.3 is 9.47 Å². The van der Waals surface area contributed by atoms with Crippen LogP contribution in [-0.4, -0.2) is 30.6 Å². The topological polar surface area (TPSA) is 65.5 Å². The van der Waals surface area contributed by atoms with Crippen LogP contribution in [0.2, 0.25) is 0 Å². The zero-order chi connectivity index (χ0) is 16.0. The van der Waals surface area contributed by atoms with Crippen molar-refractivity contribution in [2.45, 2.75) is 25.9 Å². The number of aryl methyl sites for hydroxylation is 1. The average Bonchev–Trinajstić information content (AvgIpc) is 2.43. The van der Waals surface area contributed by atoms with Gasteiger partial charge in [0.25, 0.3) is 0 Å². The zero-order valence-corrected chi connectivity index (χ0v) is 11.5. The number of methoxy groups -OCH3 is 1. The molecule has 0 spiro atoms. The van der Waals surface area contributed by atoms with E-state index in [0.29, 0.717) is 6.07 Å². The lowest BCUT2D eigenvalue weighted by molar-refractivity contribution is -0.143. The summed E-state index contributed by atoms with van der Waals surface area (Å²) < 4.78 is 46.9. The largest absolute Gasteiger partial charge is 0.466 e. The summed E-state index contributed by atoms with van der Waals surface area (Å²) in [5.41, 5.74) is -1.25. The molecule has 1 aromatic rings. The van der Waals surface area contributed by atoms with Crippen LogP contribution in [0.15, 0.2) is 12.3 Å². The number of ether oxygens (including phenoxy) is 2. The Morgan fingerprint density at radius 1 is 1.33 bits per heavy atom. The number of hydrogen-bond acceptors (Lipinski definition) is 5.